The number of ether oxygens (including phenoxy) is 1. The molecule has 1 unspecified atom stereocenters. The normalized spacial score (nSPS) is 11.3. The quantitative estimate of drug-likeness (QED) is 0.870. The topological polar surface area (TPSA) is 86.0 Å². The maximum absolute atomic E-state index is 5.66. The lowest BCUT2D eigenvalue weighted by molar-refractivity contribution is 0.303. The van der Waals surface area contributed by atoms with Crippen LogP contribution in [-0.2, 0) is 0 Å². The third-order valence-electron chi connectivity index (χ3n) is 2.49. The van der Waals surface area contributed by atoms with Gasteiger partial charge in [-0.15, -0.1) is 0 Å². The summed E-state index contributed by atoms with van der Waals surface area (Å²) in [7, 11) is 0. The lowest BCUT2D eigenvalue weighted by Crippen LogP contribution is -2.24. The third kappa shape index (κ3) is 4.72. The molecule has 2 aromatic rings. The maximum atomic E-state index is 5.66. The summed E-state index contributed by atoms with van der Waals surface area (Å²) in [5.74, 6) is 1.49. The van der Waals surface area contributed by atoms with E-state index in [1.807, 2.05) is 38.1 Å². The van der Waals surface area contributed by atoms with E-state index in [-0.39, 0.29) is 19.4 Å². The zero-order valence-electron chi connectivity index (χ0n) is 11.0. The first-order valence-electron chi connectivity index (χ1n) is 6.04. The molecule has 3 N–H and O–H groups in total. The van der Waals surface area contributed by atoms with E-state index in [0.717, 1.165) is 5.75 Å². The monoisotopic (exact) mass is 275 g/mol. The van der Waals surface area contributed by atoms with Gasteiger partial charge in [-0.05, 0) is 26.0 Å². The molecule has 0 fully saturated rings. The first-order chi connectivity index (χ1) is 9.13. The van der Waals surface area contributed by atoms with Gasteiger partial charge >= 0.3 is 0 Å². The van der Waals surface area contributed by atoms with Crippen molar-refractivity contribution < 1.29 is 4.74 Å². The number of nitrogen functional groups attached to an aromatic ring is 1. The van der Waals surface area contributed by atoms with Crippen LogP contribution < -0.4 is 15.8 Å². The zero-order chi connectivity index (χ0) is 13.7. The molecule has 6 nitrogen and oxygen atoms in total. The number of nitrogens with two attached hydrogens (primary N) is 1. The Morgan fingerprint density at radius 3 is 2.60 bits per heavy atom. The van der Waals surface area contributed by atoms with Gasteiger partial charge in [0.1, 0.15) is 18.7 Å². The van der Waals surface area contributed by atoms with Gasteiger partial charge in [0.25, 0.3) is 0 Å². The SMILES string of the molecule is C.Cc1ccc(OCC(C)Nc2ncnc(N)n2)cc1. The highest BCUT2D eigenvalue weighted by molar-refractivity contribution is 5.30. The molecule has 0 radical (unpaired) electrons. The fourth-order valence-electron chi connectivity index (χ4n) is 1.50. The van der Waals surface area contributed by atoms with Crippen LogP contribution in [0.25, 0.3) is 0 Å². The molecule has 0 amide bonds. The fourth-order valence-corrected chi connectivity index (χ4v) is 1.50. The Balaban J connectivity index is 0.00000200. The Morgan fingerprint density at radius 1 is 1.25 bits per heavy atom. The van der Waals surface area contributed by atoms with Crippen molar-refractivity contribution in [2.45, 2.75) is 27.3 Å². The van der Waals surface area contributed by atoms with Gasteiger partial charge in [0, 0.05) is 0 Å². The fraction of sp³-hybridized carbons (Fsp3) is 0.357. The summed E-state index contributed by atoms with van der Waals surface area (Å²) in [6.07, 6.45) is 1.37. The highest BCUT2D eigenvalue weighted by Crippen LogP contribution is 2.12. The summed E-state index contributed by atoms with van der Waals surface area (Å²) >= 11 is 0. The van der Waals surface area contributed by atoms with Crippen molar-refractivity contribution in [2.24, 2.45) is 0 Å². The first kappa shape index (κ1) is 15.7. The second kappa shape index (κ2) is 7.28. The number of aryl methyl sites for hydroxylation is 1. The molecule has 20 heavy (non-hydrogen) atoms. The molecule has 1 aromatic heterocycles. The summed E-state index contributed by atoms with van der Waals surface area (Å²) < 4.78 is 5.66. The first-order valence-corrected chi connectivity index (χ1v) is 6.04. The predicted molar refractivity (Wildman–Crippen MR) is 80.7 cm³/mol. The molecule has 0 bridgehead atoms. The molecule has 1 heterocycles. The molecule has 2 rings (SSSR count). The van der Waals surface area contributed by atoms with Crippen molar-refractivity contribution in [3.63, 3.8) is 0 Å². The molecule has 0 aliphatic carbocycles. The summed E-state index contributed by atoms with van der Waals surface area (Å²) in [5, 5.41) is 3.10. The van der Waals surface area contributed by atoms with E-state index >= 15 is 0 Å². The highest BCUT2D eigenvalue weighted by atomic mass is 16.5. The number of aromatic nitrogens is 3. The average Bonchev–Trinajstić information content (AvgIpc) is 2.38. The Labute approximate surface area is 119 Å². The largest absolute Gasteiger partial charge is 0.491 e. The number of nitrogens with zero attached hydrogens (tertiary/aromatic N) is 3. The number of rotatable bonds is 5. The number of hydrogen-bond donors (Lipinski definition) is 2. The van der Waals surface area contributed by atoms with E-state index in [0.29, 0.717) is 12.6 Å². The number of nitrogens with one attached hydrogen (secondary N) is 1. The lowest BCUT2D eigenvalue weighted by Gasteiger charge is -2.14. The Kier molecular flexibility index (Phi) is 5.71. The zero-order valence-corrected chi connectivity index (χ0v) is 11.0. The molecule has 0 aliphatic rings. The summed E-state index contributed by atoms with van der Waals surface area (Å²) in [4.78, 5) is 11.7. The van der Waals surface area contributed by atoms with Crippen LogP contribution in [0.4, 0.5) is 11.9 Å². The van der Waals surface area contributed by atoms with Crippen molar-refractivity contribution in [2.75, 3.05) is 17.7 Å². The van der Waals surface area contributed by atoms with Gasteiger partial charge in [-0.25, -0.2) is 9.97 Å². The molecule has 0 saturated carbocycles. The minimum Gasteiger partial charge on any atom is -0.491 e. The summed E-state index contributed by atoms with van der Waals surface area (Å²) in [6, 6.07) is 7.98. The van der Waals surface area contributed by atoms with Crippen LogP contribution in [0.1, 0.15) is 19.9 Å². The second-order valence-electron chi connectivity index (χ2n) is 4.34. The number of hydrogen-bond acceptors (Lipinski definition) is 6. The van der Waals surface area contributed by atoms with Crippen LogP contribution in [0.3, 0.4) is 0 Å². The standard InChI is InChI=1S/C13H17N5O.CH4/c1-9-3-5-11(6-4-9)19-7-10(2)17-13-16-8-15-12(14)18-13;/h3-6,8,10H,7H2,1-2H3,(H3,14,15,16,17,18);1H4. The van der Waals surface area contributed by atoms with Crippen LogP contribution in [0.2, 0.25) is 0 Å². The smallest absolute Gasteiger partial charge is 0.227 e. The molecular weight excluding hydrogens is 254 g/mol. The van der Waals surface area contributed by atoms with E-state index in [1.165, 1.54) is 11.9 Å². The van der Waals surface area contributed by atoms with E-state index in [2.05, 4.69) is 20.3 Å². The van der Waals surface area contributed by atoms with Crippen LogP contribution in [0.15, 0.2) is 30.6 Å². The van der Waals surface area contributed by atoms with Crippen molar-refractivity contribution in [1.29, 1.82) is 0 Å². The van der Waals surface area contributed by atoms with E-state index in [9.17, 15) is 0 Å². The van der Waals surface area contributed by atoms with Gasteiger partial charge in [-0.2, -0.15) is 4.98 Å². The summed E-state index contributed by atoms with van der Waals surface area (Å²) in [6.45, 7) is 4.53. The molecule has 0 saturated heterocycles. The minimum atomic E-state index is 0. The van der Waals surface area contributed by atoms with Crippen LogP contribution in [-0.4, -0.2) is 27.6 Å². The number of benzene rings is 1. The summed E-state index contributed by atoms with van der Waals surface area (Å²) in [5.41, 5.74) is 6.69. The van der Waals surface area contributed by atoms with Gasteiger partial charge in [-0.3, -0.25) is 0 Å². The molecule has 0 aliphatic heterocycles. The third-order valence-corrected chi connectivity index (χ3v) is 2.49. The molecular formula is C14H21N5O. The second-order valence-corrected chi connectivity index (χ2v) is 4.34. The van der Waals surface area contributed by atoms with Crippen LogP contribution in [0.5, 0.6) is 5.75 Å². The molecule has 1 aromatic carbocycles. The molecule has 108 valence electrons. The van der Waals surface area contributed by atoms with E-state index in [1.54, 1.807) is 0 Å². The number of anilines is 2. The minimum absolute atomic E-state index is 0. The average molecular weight is 275 g/mol. The molecule has 1 atom stereocenters. The maximum Gasteiger partial charge on any atom is 0.227 e. The Bertz CT molecular complexity index is 529. The molecule has 6 heteroatoms. The van der Waals surface area contributed by atoms with Crippen molar-refractivity contribution in [3.05, 3.63) is 36.2 Å². The highest BCUT2D eigenvalue weighted by Gasteiger charge is 2.05. The van der Waals surface area contributed by atoms with E-state index in [4.69, 9.17) is 10.5 Å². The molecule has 0 spiro atoms. The van der Waals surface area contributed by atoms with Gasteiger partial charge in [-0.1, -0.05) is 25.1 Å². The Hall–Kier alpha value is -2.37. The Morgan fingerprint density at radius 2 is 1.95 bits per heavy atom. The van der Waals surface area contributed by atoms with Gasteiger partial charge in [0.2, 0.25) is 11.9 Å². The van der Waals surface area contributed by atoms with Gasteiger partial charge in [0.05, 0.1) is 6.04 Å². The lowest BCUT2D eigenvalue weighted by atomic mass is 10.2. The van der Waals surface area contributed by atoms with Crippen molar-refractivity contribution >= 4 is 11.9 Å². The van der Waals surface area contributed by atoms with E-state index < -0.39 is 0 Å². The van der Waals surface area contributed by atoms with Crippen molar-refractivity contribution in [1.82, 2.24) is 15.0 Å². The van der Waals surface area contributed by atoms with Crippen LogP contribution >= 0.6 is 0 Å². The van der Waals surface area contributed by atoms with Gasteiger partial charge < -0.3 is 15.8 Å². The van der Waals surface area contributed by atoms with Gasteiger partial charge in [0.15, 0.2) is 0 Å². The van der Waals surface area contributed by atoms with Crippen molar-refractivity contribution in [3.8, 4) is 5.75 Å². The predicted octanol–water partition coefficient (Wildman–Crippen LogP) is 2.28. The van der Waals surface area contributed by atoms with Crippen LogP contribution in [0, 0.1) is 6.92 Å².